The van der Waals surface area contributed by atoms with Gasteiger partial charge in [0, 0.05) is 18.5 Å². The maximum absolute atomic E-state index is 13.6. The summed E-state index contributed by atoms with van der Waals surface area (Å²) >= 11 is 0. The number of carbonyl (C=O) groups excluding carboxylic acids is 4. The minimum atomic E-state index is -0.936. The molecular weight excluding hydrogens is 460 g/mol. The van der Waals surface area contributed by atoms with Gasteiger partial charge < -0.3 is 25.6 Å². The number of nitrogens with one attached hydrogen (secondary N) is 3. The Morgan fingerprint density at radius 1 is 1.03 bits per heavy atom. The van der Waals surface area contributed by atoms with Crippen LogP contribution in [0.4, 0.5) is 4.79 Å². The smallest absolute Gasteiger partial charge is 0.408 e. The SMILES string of the molecule is CC(C)(C)OC(=O)N[C@H]1CCCCCC=C[C@@H]2C[C@@]2(C(=O)NC2CCC2)NC(=O)[C@@H]2CCCN2C1=O. The van der Waals surface area contributed by atoms with Gasteiger partial charge in [-0.1, -0.05) is 25.0 Å². The molecule has 2 saturated carbocycles. The van der Waals surface area contributed by atoms with Crippen molar-refractivity contribution in [3.63, 3.8) is 0 Å². The fourth-order valence-electron chi connectivity index (χ4n) is 5.41. The molecule has 9 nitrogen and oxygen atoms in total. The lowest BCUT2D eigenvalue weighted by Crippen LogP contribution is -2.59. The summed E-state index contributed by atoms with van der Waals surface area (Å²) in [5, 5.41) is 8.94. The van der Waals surface area contributed by atoms with Crippen molar-refractivity contribution in [2.24, 2.45) is 5.92 Å². The molecule has 0 spiro atoms. The normalized spacial score (nSPS) is 31.6. The number of amides is 4. The van der Waals surface area contributed by atoms with E-state index in [1.165, 1.54) is 0 Å². The van der Waals surface area contributed by atoms with Crippen LogP contribution in [0.15, 0.2) is 12.2 Å². The van der Waals surface area contributed by atoms with Crippen LogP contribution in [0.1, 0.15) is 91.4 Å². The maximum atomic E-state index is 13.6. The van der Waals surface area contributed by atoms with Crippen LogP contribution in [0.5, 0.6) is 0 Å². The van der Waals surface area contributed by atoms with E-state index in [2.05, 4.69) is 28.1 Å². The number of alkyl carbamates (subject to hydrolysis) is 1. The van der Waals surface area contributed by atoms with E-state index in [9.17, 15) is 19.2 Å². The fourth-order valence-corrected chi connectivity index (χ4v) is 5.41. The van der Waals surface area contributed by atoms with E-state index in [1.54, 1.807) is 25.7 Å². The Morgan fingerprint density at radius 2 is 1.81 bits per heavy atom. The van der Waals surface area contributed by atoms with Gasteiger partial charge in [0.1, 0.15) is 23.2 Å². The molecule has 3 N–H and O–H groups in total. The first kappa shape index (κ1) is 26.5. The third-order valence-corrected chi connectivity index (χ3v) is 7.77. The molecule has 4 rings (SSSR count). The van der Waals surface area contributed by atoms with Crippen LogP contribution in [0.3, 0.4) is 0 Å². The molecule has 0 radical (unpaired) electrons. The number of nitrogens with zero attached hydrogens (tertiary/aromatic N) is 1. The lowest BCUT2D eigenvalue weighted by Gasteiger charge is -2.32. The monoisotopic (exact) mass is 502 g/mol. The minimum Gasteiger partial charge on any atom is -0.444 e. The van der Waals surface area contributed by atoms with Crippen molar-refractivity contribution in [1.29, 1.82) is 0 Å². The van der Waals surface area contributed by atoms with Crippen molar-refractivity contribution in [1.82, 2.24) is 20.9 Å². The summed E-state index contributed by atoms with van der Waals surface area (Å²) in [6.07, 6.45) is 12.5. The van der Waals surface area contributed by atoms with E-state index in [-0.39, 0.29) is 29.7 Å². The van der Waals surface area contributed by atoms with Gasteiger partial charge in [-0.15, -0.1) is 0 Å². The highest BCUT2D eigenvalue weighted by Crippen LogP contribution is 2.46. The van der Waals surface area contributed by atoms with Gasteiger partial charge in [-0.05, 0) is 78.6 Å². The molecule has 0 bridgehead atoms. The average molecular weight is 503 g/mol. The van der Waals surface area contributed by atoms with Crippen molar-refractivity contribution in [2.75, 3.05) is 6.54 Å². The molecule has 4 atom stereocenters. The summed E-state index contributed by atoms with van der Waals surface area (Å²) in [7, 11) is 0. The summed E-state index contributed by atoms with van der Waals surface area (Å²) in [6.45, 7) is 5.79. The third kappa shape index (κ3) is 6.21. The zero-order chi connectivity index (χ0) is 25.9. The fraction of sp³-hybridized carbons (Fsp3) is 0.778. The van der Waals surface area contributed by atoms with Gasteiger partial charge in [0.15, 0.2) is 0 Å². The number of carbonyl (C=O) groups is 4. The van der Waals surface area contributed by atoms with Crippen molar-refractivity contribution in [3.05, 3.63) is 12.2 Å². The Labute approximate surface area is 214 Å². The van der Waals surface area contributed by atoms with Gasteiger partial charge >= 0.3 is 6.09 Å². The lowest BCUT2D eigenvalue weighted by molar-refractivity contribution is -0.141. The predicted octanol–water partition coefficient (Wildman–Crippen LogP) is 2.93. The number of allylic oxidation sites excluding steroid dienone is 1. The molecule has 2 aliphatic heterocycles. The molecule has 2 aliphatic carbocycles. The van der Waals surface area contributed by atoms with Gasteiger partial charge in [0.05, 0.1) is 0 Å². The molecule has 0 aromatic rings. The van der Waals surface area contributed by atoms with E-state index in [4.69, 9.17) is 4.74 Å². The van der Waals surface area contributed by atoms with Crippen molar-refractivity contribution in [3.8, 4) is 0 Å². The molecule has 0 aromatic heterocycles. The third-order valence-electron chi connectivity index (χ3n) is 7.77. The second kappa shape index (κ2) is 10.8. The highest BCUT2D eigenvalue weighted by molar-refractivity contribution is 5.98. The largest absolute Gasteiger partial charge is 0.444 e. The van der Waals surface area contributed by atoms with Crippen LogP contribution in [0, 0.1) is 5.92 Å². The quantitative estimate of drug-likeness (QED) is 0.513. The Bertz CT molecular complexity index is 893. The molecular formula is C27H42N4O5. The Balaban J connectivity index is 1.51. The zero-order valence-electron chi connectivity index (χ0n) is 21.9. The second-order valence-corrected chi connectivity index (χ2v) is 11.8. The topological polar surface area (TPSA) is 117 Å². The first-order valence-corrected chi connectivity index (χ1v) is 13.7. The number of fused-ring (bicyclic) bond motifs is 2. The van der Waals surface area contributed by atoms with Gasteiger partial charge in [0.2, 0.25) is 17.7 Å². The number of rotatable bonds is 3. The summed E-state index contributed by atoms with van der Waals surface area (Å²) in [6, 6.07) is -1.21. The number of hydrogen-bond donors (Lipinski definition) is 3. The van der Waals surface area contributed by atoms with Gasteiger partial charge in [-0.25, -0.2) is 4.79 Å². The molecule has 0 unspecified atom stereocenters. The summed E-state index contributed by atoms with van der Waals surface area (Å²) < 4.78 is 5.40. The molecule has 4 amide bonds. The zero-order valence-corrected chi connectivity index (χ0v) is 21.9. The standard InChI is InChI=1S/C27H42N4O5/c1-26(2,3)36-25(35)29-20-14-8-6-4-5-7-11-18-17-27(18,24(34)28-19-12-9-13-19)30-22(32)21-15-10-16-31(21)23(20)33/h7,11,18-21H,4-6,8-10,12-17H2,1-3H3,(H,28,34)(H,29,35)(H,30,32)/t18-,20+,21+,27-/m1/s1. The van der Waals surface area contributed by atoms with Crippen molar-refractivity contribution < 1.29 is 23.9 Å². The predicted molar refractivity (Wildman–Crippen MR) is 135 cm³/mol. The molecule has 3 fully saturated rings. The number of ether oxygens (including phenoxy) is 1. The Morgan fingerprint density at radius 3 is 2.50 bits per heavy atom. The molecule has 2 heterocycles. The Hall–Kier alpha value is -2.58. The van der Waals surface area contributed by atoms with Crippen LogP contribution < -0.4 is 16.0 Å². The first-order chi connectivity index (χ1) is 17.1. The molecule has 4 aliphatic rings. The lowest BCUT2D eigenvalue weighted by atomic mass is 9.92. The van der Waals surface area contributed by atoms with Crippen molar-refractivity contribution >= 4 is 23.8 Å². The van der Waals surface area contributed by atoms with Crippen LogP contribution in [0.2, 0.25) is 0 Å². The van der Waals surface area contributed by atoms with Gasteiger partial charge in [0.25, 0.3) is 0 Å². The van der Waals surface area contributed by atoms with E-state index in [1.807, 2.05) is 0 Å². The number of hydrogen-bond acceptors (Lipinski definition) is 5. The van der Waals surface area contributed by atoms with Gasteiger partial charge in [-0.3, -0.25) is 14.4 Å². The second-order valence-electron chi connectivity index (χ2n) is 11.8. The van der Waals surface area contributed by atoms with Crippen LogP contribution in [-0.2, 0) is 19.1 Å². The van der Waals surface area contributed by atoms with E-state index < -0.39 is 29.3 Å². The van der Waals surface area contributed by atoms with Crippen LogP contribution in [0.25, 0.3) is 0 Å². The summed E-state index contributed by atoms with van der Waals surface area (Å²) in [5.41, 5.74) is -1.61. The highest BCUT2D eigenvalue weighted by Gasteiger charge is 2.61. The van der Waals surface area contributed by atoms with Crippen LogP contribution >= 0.6 is 0 Å². The molecule has 200 valence electrons. The van der Waals surface area contributed by atoms with Gasteiger partial charge in [-0.2, -0.15) is 0 Å². The molecule has 1 saturated heterocycles. The molecule has 9 heteroatoms. The first-order valence-electron chi connectivity index (χ1n) is 13.7. The summed E-state index contributed by atoms with van der Waals surface area (Å²) in [5.74, 6) is -0.683. The van der Waals surface area contributed by atoms with Crippen LogP contribution in [-0.4, -0.2) is 64.5 Å². The van der Waals surface area contributed by atoms with Crippen molar-refractivity contribution in [2.45, 2.75) is 121 Å². The maximum Gasteiger partial charge on any atom is 0.408 e. The Kier molecular flexibility index (Phi) is 7.95. The molecule has 36 heavy (non-hydrogen) atoms. The minimum absolute atomic E-state index is 0.0289. The summed E-state index contributed by atoms with van der Waals surface area (Å²) in [4.78, 5) is 54.4. The highest BCUT2D eigenvalue weighted by atomic mass is 16.6. The average Bonchev–Trinajstić information content (AvgIpc) is 3.23. The van der Waals surface area contributed by atoms with E-state index in [0.717, 1.165) is 44.9 Å². The molecule has 0 aromatic carbocycles. The van der Waals surface area contributed by atoms with E-state index >= 15 is 0 Å². The van der Waals surface area contributed by atoms with E-state index in [0.29, 0.717) is 32.2 Å².